The predicted octanol–water partition coefficient (Wildman–Crippen LogP) is 3.73. The Hall–Kier alpha value is -2.47. The molecule has 2 atom stereocenters. The highest BCUT2D eigenvalue weighted by molar-refractivity contribution is 7.99. The largest absolute Gasteiger partial charge is 0.480 e. The van der Waals surface area contributed by atoms with Crippen LogP contribution < -0.4 is 5.32 Å². The zero-order valence-corrected chi connectivity index (χ0v) is 15.6. The van der Waals surface area contributed by atoms with Crippen molar-refractivity contribution in [2.24, 2.45) is 5.92 Å². The van der Waals surface area contributed by atoms with Gasteiger partial charge in [0.15, 0.2) is 0 Å². The molecule has 0 radical (unpaired) electrons. The Kier molecular flexibility index (Phi) is 5.07. The summed E-state index contributed by atoms with van der Waals surface area (Å²) in [6.45, 7) is 0.186. The molecular weight excluding hydrogens is 362 g/mol. The number of carbonyl (C=O) groups excluding carboxylic acids is 1. The second-order valence-corrected chi connectivity index (χ2v) is 8.06. The minimum Gasteiger partial charge on any atom is -0.480 e. The van der Waals surface area contributed by atoms with Crippen molar-refractivity contribution in [1.29, 1.82) is 0 Å². The molecule has 1 amide bonds. The average Bonchev–Trinajstić information content (AvgIpc) is 3.31. The summed E-state index contributed by atoms with van der Waals surface area (Å²) in [6, 6.07) is 15.3. The lowest BCUT2D eigenvalue weighted by Gasteiger charge is -2.21. The molecule has 0 saturated carbocycles. The lowest BCUT2D eigenvalue weighted by molar-refractivity contribution is -0.140. The molecular formula is C21H21NO4S. The van der Waals surface area contributed by atoms with Gasteiger partial charge in [0.05, 0.1) is 0 Å². The number of fused-ring (bicyclic) bond motifs is 3. The van der Waals surface area contributed by atoms with Crippen molar-refractivity contribution in [3.8, 4) is 11.1 Å². The molecule has 2 aromatic rings. The number of thioether (sulfide) groups is 1. The van der Waals surface area contributed by atoms with Gasteiger partial charge in [0.2, 0.25) is 0 Å². The monoisotopic (exact) mass is 383 g/mol. The number of carbonyl (C=O) groups is 2. The van der Waals surface area contributed by atoms with Crippen molar-refractivity contribution in [3.63, 3.8) is 0 Å². The van der Waals surface area contributed by atoms with Crippen LogP contribution in [-0.2, 0) is 9.53 Å². The summed E-state index contributed by atoms with van der Waals surface area (Å²) in [7, 11) is 0. The molecule has 1 fully saturated rings. The fourth-order valence-electron chi connectivity index (χ4n) is 3.96. The number of alkyl carbamates (subject to hydrolysis) is 1. The third-order valence-electron chi connectivity index (χ3n) is 5.32. The van der Waals surface area contributed by atoms with Gasteiger partial charge in [-0.1, -0.05) is 48.5 Å². The normalized spacial score (nSPS) is 19.2. The number of rotatable bonds is 5. The first-order chi connectivity index (χ1) is 13.1. The number of aliphatic carboxylic acids is 1. The highest BCUT2D eigenvalue weighted by atomic mass is 32.2. The minimum atomic E-state index is -1.00. The summed E-state index contributed by atoms with van der Waals surface area (Å²) in [6.07, 6.45) is 0.131. The summed E-state index contributed by atoms with van der Waals surface area (Å²) in [4.78, 5) is 23.8. The van der Waals surface area contributed by atoms with Crippen LogP contribution in [-0.4, -0.2) is 41.3 Å². The van der Waals surface area contributed by atoms with E-state index in [1.54, 1.807) is 11.8 Å². The number of benzene rings is 2. The quantitative estimate of drug-likeness (QED) is 0.823. The van der Waals surface area contributed by atoms with Crippen LogP contribution in [0.4, 0.5) is 4.79 Å². The Balaban J connectivity index is 1.45. The minimum absolute atomic E-state index is 0.0338. The summed E-state index contributed by atoms with van der Waals surface area (Å²) < 4.78 is 5.46. The topological polar surface area (TPSA) is 75.6 Å². The molecule has 1 saturated heterocycles. The number of hydrogen-bond acceptors (Lipinski definition) is 4. The van der Waals surface area contributed by atoms with Crippen LogP contribution in [0.1, 0.15) is 23.5 Å². The smallest absolute Gasteiger partial charge is 0.407 e. The fraction of sp³-hybridized carbons (Fsp3) is 0.333. The van der Waals surface area contributed by atoms with Crippen LogP contribution >= 0.6 is 11.8 Å². The van der Waals surface area contributed by atoms with E-state index in [0.29, 0.717) is 0 Å². The Morgan fingerprint density at radius 1 is 1.11 bits per heavy atom. The number of hydrogen-bond donors (Lipinski definition) is 2. The average molecular weight is 383 g/mol. The summed E-state index contributed by atoms with van der Waals surface area (Å²) in [5.41, 5.74) is 4.59. The molecule has 1 aliphatic heterocycles. The summed E-state index contributed by atoms with van der Waals surface area (Å²) >= 11 is 1.72. The molecule has 2 unspecified atom stereocenters. The van der Waals surface area contributed by atoms with E-state index in [2.05, 4.69) is 29.6 Å². The molecule has 1 aliphatic carbocycles. The third-order valence-corrected chi connectivity index (χ3v) is 6.51. The van der Waals surface area contributed by atoms with Crippen LogP contribution in [0.15, 0.2) is 48.5 Å². The van der Waals surface area contributed by atoms with Gasteiger partial charge in [0.25, 0.3) is 0 Å². The van der Waals surface area contributed by atoms with Gasteiger partial charge in [-0.25, -0.2) is 9.59 Å². The predicted molar refractivity (Wildman–Crippen MR) is 105 cm³/mol. The number of ether oxygens (including phenoxy) is 1. The molecule has 2 N–H and O–H groups in total. The molecule has 5 nitrogen and oxygen atoms in total. The SMILES string of the molecule is O=C(NC(C(=O)O)C1CCSC1)OCC1c2ccccc2-c2ccccc21. The van der Waals surface area contributed by atoms with Crippen LogP contribution in [0.5, 0.6) is 0 Å². The lowest BCUT2D eigenvalue weighted by atomic mass is 9.98. The molecule has 0 aromatic heterocycles. The van der Waals surface area contributed by atoms with Crippen LogP contribution in [0.3, 0.4) is 0 Å². The van der Waals surface area contributed by atoms with Crippen LogP contribution in [0.25, 0.3) is 11.1 Å². The maximum absolute atomic E-state index is 12.3. The van der Waals surface area contributed by atoms with Crippen molar-refractivity contribution < 1.29 is 19.4 Å². The van der Waals surface area contributed by atoms with Gasteiger partial charge in [-0.15, -0.1) is 0 Å². The number of carboxylic acid groups (broad SMARTS) is 1. The first-order valence-corrected chi connectivity index (χ1v) is 10.2. The Morgan fingerprint density at radius 2 is 1.74 bits per heavy atom. The van der Waals surface area contributed by atoms with Crippen molar-refractivity contribution in [2.45, 2.75) is 18.4 Å². The standard InChI is InChI=1S/C21H21NO4S/c23-20(24)19(13-9-10-27-12-13)22-21(25)26-11-18-16-7-3-1-5-14(16)15-6-2-4-8-17(15)18/h1-8,13,18-19H,9-12H2,(H,22,25)(H,23,24). The summed E-state index contributed by atoms with van der Waals surface area (Å²) in [5, 5.41) is 12.0. The van der Waals surface area contributed by atoms with Crippen molar-refractivity contribution in [1.82, 2.24) is 5.32 Å². The van der Waals surface area contributed by atoms with E-state index in [1.807, 2.05) is 24.3 Å². The van der Waals surface area contributed by atoms with Crippen molar-refractivity contribution in [3.05, 3.63) is 59.7 Å². The van der Waals surface area contributed by atoms with E-state index in [4.69, 9.17) is 4.74 Å². The molecule has 0 bridgehead atoms. The van der Waals surface area contributed by atoms with E-state index >= 15 is 0 Å². The first kappa shape index (κ1) is 17.9. The second kappa shape index (κ2) is 7.64. The molecule has 1 heterocycles. The van der Waals surface area contributed by atoms with Gasteiger partial charge >= 0.3 is 12.1 Å². The zero-order chi connectivity index (χ0) is 18.8. The fourth-order valence-corrected chi connectivity index (χ4v) is 5.26. The highest BCUT2D eigenvalue weighted by Gasteiger charge is 2.33. The molecule has 2 aliphatic rings. The van der Waals surface area contributed by atoms with E-state index in [0.717, 1.165) is 40.2 Å². The number of nitrogens with one attached hydrogen (secondary N) is 1. The zero-order valence-electron chi connectivity index (χ0n) is 14.8. The lowest BCUT2D eigenvalue weighted by Crippen LogP contribution is -2.46. The third kappa shape index (κ3) is 3.54. The number of amides is 1. The molecule has 6 heteroatoms. The second-order valence-electron chi connectivity index (χ2n) is 6.91. The van der Waals surface area contributed by atoms with Crippen LogP contribution in [0.2, 0.25) is 0 Å². The molecule has 4 rings (SSSR count). The van der Waals surface area contributed by atoms with Crippen LogP contribution in [0, 0.1) is 5.92 Å². The summed E-state index contributed by atoms with van der Waals surface area (Å²) in [5.74, 6) is 0.596. The number of carboxylic acids is 1. The Labute approximate surface area is 162 Å². The Bertz CT molecular complexity index is 817. The van der Waals surface area contributed by atoms with Crippen molar-refractivity contribution in [2.75, 3.05) is 18.1 Å². The van der Waals surface area contributed by atoms with Gasteiger partial charge in [-0.05, 0) is 46.1 Å². The van der Waals surface area contributed by atoms with Crippen molar-refractivity contribution >= 4 is 23.8 Å². The van der Waals surface area contributed by atoms with Gasteiger partial charge in [-0.2, -0.15) is 11.8 Å². The maximum Gasteiger partial charge on any atom is 0.407 e. The van der Waals surface area contributed by atoms with Gasteiger partial charge in [0, 0.05) is 5.92 Å². The highest BCUT2D eigenvalue weighted by Crippen LogP contribution is 2.44. The van der Waals surface area contributed by atoms with Gasteiger partial charge in [0.1, 0.15) is 12.6 Å². The molecule has 0 spiro atoms. The first-order valence-electron chi connectivity index (χ1n) is 9.07. The van der Waals surface area contributed by atoms with E-state index in [9.17, 15) is 14.7 Å². The maximum atomic E-state index is 12.3. The van der Waals surface area contributed by atoms with E-state index in [1.165, 1.54) is 0 Å². The van der Waals surface area contributed by atoms with E-state index in [-0.39, 0.29) is 18.4 Å². The van der Waals surface area contributed by atoms with E-state index < -0.39 is 18.1 Å². The molecule has 27 heavy (non-hydrogen) atoms. The Morgan fingerprint density at radius 3 is 2.30 bits per heavy atom. The molecule has 140 valence electrons. The van der Waals surface area contributed by atoms with Gasteiger partial charge in [-0.3, -0.25) is 0 Å². The molecule has 2 aromatic carbocycles. The van der Waals surface area contributed by atoms with Gasteiger partial charge < -0.3 is 15.2 Å².